The summed E-state index contributed by atoms with van der Waals surface area (Å²) in [7, 11) is 1.65. The summed E-state index contributed by atoms with van der Waals surface area (Å²) in [5.41, 5.74) is 1.73. The summed E-state index contributed by atoms with van der Waals surface area (Å²) in [4.78, 5) is 28.0. The highest BCUT2D eigenvalue weighted by atomic mass is 32.1. The zero-order valence-electron chi connectivity index (χ0n) is 16.9. The predicted octanol–water partition coefficient (Wildman–Crippen LogP) is 3.44. The molecule has 6 nitrogen and oxygen atoms in total. The number of hydrogen-bond donors (Lipinski definition) is 1. The Kier molecular flexibility index (Phi) is 5.56. The van der Waals surface area contributed by atoms with Crippen LogP contribution in [0.15, 0.2) is 36.4 Å². The van der Waals surface area contributed by atoms with E-state index in [-0.39, 0.29) is 23.9 Å². The molecule has 2 aromatic heterocycles. The van der Waals surface area contributed by atoms with Crippen molar-refractivity contribution in [1.29, 1.82) is 0 Å². The molecule has 0 aliphatic heterocycles. The minimum Gasteiger partial charge on any atom is -0.350 e. The van der Waals surface area contributed by atoms with E-state index in [1.807, 2.05) is 56.6 Å². The van der Waals surface area contributed by atoms with E-state index >= 15 is 0 Å². The van der Waals surface area contributed by atoms with Gasteiger partial charge in [-0.15, -0.1) is 11.3 Å². The van der Waals surface area contributed by atoms with Gasteiger partial charge in [-0.2, -0.15) is 5.10 Å². The normalized spacial score (nSPS) is 11.6. The van der Waals surface area contributed by atoms with Gasteiger partial charge in [-0.3, -0.25) is 14.3 Å². The number of aryl methyl sites for hydroxylation is 1. The van der Waals surface area contributed by atoms with E-state index in [2.05, 4.69) is 22.5 Å². The highest BCUT2D eigenvalue weighted by molar-refractivity contribution is 7.20. The van der Waals surface area contributed by atoms with Crippen LogP contribution in [0.2, 0.25) is 0 Å². The van der Waals surface area contributed by atoms with Gasteiger partial charge in [-0.1, -0.05) is 30.3 Å². The largest absolute Gasteiger partial charge is 0.350 e. The molecule has 0 spiro atoms. The third-order valence-corrected chi connectivity index (χ3v) is 5.37. The topological polar surface area (TPSA) is 67.2 Å². The molecule has 0 fully saturated rings. The van der Waals surface area contributed by atoms with Gasteiger partial charge in [0.15, 0.2) is 0 Å². The van der Waals surface area contributed by atoms with Gasteiger partial charge in [0.05, 0.1) is 23.7 Å². The van der Waals surface area contributed by atoms with Crippen LogP contribution in [-0.4, -0.2) is 45.6 Å². The van der Waals surface area contributed by atoms with Crippen molar-refractivity contribution in [2.45, 2.75) is 39.8 Å². The summed E-state index contributed by atoms with van der Waals surface area (Å²) < 4.78 is 1.94. The zero-order chi connectivity index (χ0) is 20.5. The number of aromatic nitrogens is 2. The number of nitrogens with one attached hydrogen (secondary N) is 1. The number of hydrogen-bond acceptors (Lipinski definition) is 4. The number of fused-ring (bicyclic) bond motifs is 1. The van der Waals surface area contributed by atoms with E-state index in [1.165, 1.54) is 16.2 Å². The van der Waals surface area contributed by atoms with E-state index in [1.54, 1.807) is 7.05 Å². The molecule has 7 heteroatoms. The molecule has 2 heterocycles. The molecule has 1 N–H and O–H groups in total. The molecule has 0 radical (unpaired) electrons. The molecule has 0 unspecified atom stereocenters. The maximum Gasteiger partial charge on any atom is 0.264 e. The van der Waals surface area contributed by atoms with Gasteiger partial charge in [-0.05, 0) is 39.3 Å². The molecule has 148 valence electrons. The highest BCUT2D eigenvalue weighted by Gasteiger charge is 2.22. The third kappa shape index (κ3) is 4.59. The predicted molar refractivity (Wildman–Crippen MR) is 113 cm³/mol. The standard InChI is InChI=1S/C21H26N4O2S/c1-14-16-11-17(19(27)24(5)13-18(26)22-21(2,3)4)28-20(16)25(23-14)12-15-9-7-6-8-10-15/h6-11H,12-13H2,1-5H3,(H,22,26). The van der Waals surface area contributed by atoms with E-state index in [0.717, 1.165) is 21.5 Å². The smallest absolute Gasteiger partial charge is 0.264 e. The van der Waals surface area contributed by atoms with Crippen LogP contribution in [0, 0.1) is 6.92 Å². The van der Waals surface area contributed by atoms with Crippen molar-refractivity contribution in [3.05, 3.63) is 52.5 Å². The summed E-state index contributed by atoms with van der Waals surface area (Å²) in [5, 5.41) is 8.48. The molecule has 28 heavy (non-hydrogen) atoms. The molecule has 2 amide bonds. The molecule has 0 bridgehead atoms. The van der Waals surface area contributed by atoms with E-state index in [4.69, 9.17) is 0 Å². The van der Waals surface area contributed by atoms with Crippen LogP contribution in [0.5, 0.6) is 0 Å². The van der Waals surface area contributed by atoms with Gasteiger partial charge in [0.1, 0.15) is 4.83 Å². The van der Waals surface area contributed by atoms with Crippen LogP contribution in [0.25, 0.3) is 10.2 Å². The lowest BCUT2D eigenvalue weighted by Gasteiger charge is -2.23. The van der Waals surface area contributed by atoms with Crippen molar-refractivity contribution < 1.29 is 9.59 Å². The Morgan fingerprint density at radius 1 is 1.21 bits per heavy atom. The van der Waals surface area contributed by atoms with Gasteiger partial charge in [0.2, 0.25) is 5.91 Å². The lowest BCUT2D eigenvalue weighted by Crippen LogP contribution is -2.46. The fourth-order valence-corrected chi connectivity index (χ4v) is 4.17. The van der Waals surface area contributed by atoms with Crippen molar-refractivity contribution in [2.24, 2.45) is 0 Å². The first-order valence-electron chi connectivity index (χ1n) is 9.21. The van der Waals surface area contributed by atoms with Crippen LogP contribution in [0.3, 0.4) is 0 Å². The Balaban J connectivity index is 1.79. The maximum atomic E-state index is 12.8. The number of benzene rings is 1. The SMILES string of the molecule is Cc1nn(Cc2ccccc2)c2sc(C(=O)N(C)CC(=O)NC(C)(C)C)cc12. The van der Waals surface area contributed by atoms with E-state index < -0.39 is 0 Å². The first-order valence-corrected chi connectivity index (χ1v) is 10.0. The van der Waals surface area contributed by atoms with Gasteiger partial charge < -0.3 is 10.2 Å². The van der Waals surface area contributed by atoms with Gasteiger partial charge in [0.25, 0.3) is 5.91 Å². The van der Waals surface area contributed by atoms with Crippen molar-refractivity contribution in [3.63, 3.8) is 0 Å². The molecule has 0 aliphatic rings. The van der Waals surface area contributed by atoms with Crippen molar-refractivity contribution in [1.82, 2.24) is 20.0 Å². The number of amides is 2. The van der Waals surface area contributed by atoms with Crippen LogP contribution in [-0.2, 0) is 11.3 Å². The second kappa shape index (κ2) is 7.75. The van der Waals surface area contributed by atoms with Crippen LogP contribution in [0.4, 0.5) is 0 Å². The minimum atomic E-state index is -0.323. The molecular formula is C21H26N4O2S. The molecule has 0 saturated carbocycles. The Labute approximate surface area is 169 Å². The molecule has 0 saturated heterocycles. The van der Waals surface area contributed by atoms with E-state index in [9.17, 15) is 9.59 Å². The quantitative estimate of drug-likeness (QED) is 0.716. The highest BCUT2D eigenvalue weighted by Crippen LogP contribution is 2.29. The number of thiophene rings is 1. The van der Waals surface area contributed by atoms with Crippen LogP contribution in [0.1, 0.15) is 41.7 Å². The number of carbonyl (C=O) groups is 2. The summed E-state index contributed by atoms with van der Waals surface area (Å²) in [6.45, 7) is 8.38. The molecule has 0 atom stereocenters. The number of likely N-dealkylation sites (N-methyl/N-ethyl adjacent to an activating group) is 1. The van der Waals surface area contributed by atoms with Crippen molar-refractivity contribution >= 4 is 33.4 Å². The monoisotopic (exact) mass is 398 g/mol. The maximum absolute atomic E-state index is 12.8. The lowest BCUT2D eigenvalue weighted by molar-refractivity contribution is -0.122. The van der Waals surface area contributed by atoms with E-state index in [0.29, 0.717) is 11.4 Å². The van der Waals surface area contributed by atoms with Crippen LogP contribution >= 0.6 is 11.3 Å². The van der Waals surface area contributed by atoms with Gasteiger partial charge in [-0.25, -0.2) is 0 Å². The Hall–Kier alpha value is -2.67. The summed E-state index contributed by atoms with van der Waals surface area (Å²) in [6, 6.07) is 12.0. The molecule has 3 aromatic rings. The summed E-state index contributed by atoms with van der Waals surface area (Å²) >= 11 is 1.42. The number of carbonyl (C=O) groups excluding carboxylic acids is 2. The second-order valence-corrected chi connectivity index (χ2v) is 9.05. The minimum absolute atomic E-state index is 0.0273. The Morgan fingerprint density at radius 3 is 2.54 bits per heavy atom. The van der Waals surface area contributed by atoms with Crippen molar-refractivity contribution in [2.75, 3.05) is 13.6 Å². The molecule has 0 aliphatic carbocycles. The molecular weight excluding hydrogens is 372 g/mol. The lowest BCUT2D eigenvalue weighted by atomic mass is 10.1. The Bertz CT molecular complexity index is 999. The fraction of sp³-hybridized carbons (Fsp3) is 0.381. The van der Waals surface area contributed by atoms with Crippen molar-refractivity contribution in [3.8, 4) is 0 Å². The molecule has 3 rings (SSSR count). The zero-order valence-corrected chi connectivity index (χ0v) is 17.8. The van der Waals surface area contributed by atoms with Gasteiger partial charge >= 0.3 is 0 Å². The second-order valence-electron chi connectivity index (χ2n) is 8.02. The van der Waals surface area contributed by atoms with Crippen LogP contribution < -0.4 is 5.32 Å². The number of nitrogens with zero attached hydrogens (tertiary/aromatic N) is 3. The van der Waals surface area contributed by atoms with Gasteiger partial charge in [0, 0.05) is 18.0 Å². The average molecular weight is 399 g/mol. The first kappa shape index (κ1) is 20.1. The molecule has 1 aromatic carbocycles. The summed E-state index contributed by atoms with van der Waals surface area (Å²) in [6.07, 6.45) is 0. The Morgan fingerprint density at radius 2 is 1.89 bits per heavy atom. The third-order valence-electron chi connectivity index (χ3n) is 4.24. The average Bonchev–Trinajstić information content (AvgIpc) is 3.15. The first-order chi connectivity index (χ1) is 13.1. The number of rotatable bonds is 5. The fourth-order valence-electron chi connectivity index (χ4n) is 3.01. The summed E-state index contributed by atoms with van der Waals surface area (Å²) in [5.74, 6) is -0.327.